The fraction of sp³-hybridized carbons (Fsp3) is 0.510. The highest BCUT2D eigenvalue weighted by molar-refractivity contribution is 5.92. The van der Waals surface area contributed by atoms with Gasteiger partial charge in [-0.15, -0.1) is 0 Å². The first-order valence-corrected chi connectivity index (χ1v) is 50.1. The number of nitrogen functional groups attached to an aromatic ring is 4. The van der Waals surface area contributed by atoms with Gasteiger partial charge in [0.25, 0.3) is 5.92 Å². The fourth-order valence-corrected chi connectivity index (χ4v) is 22.9. The van der Waals surface area contributed by atoms with Gasteiger partial charge >= 0.3 is 0 Å². The van der Waals surface area contributed by atoms with Crippen molar-refractivity contribution in [3.63, 3.8) is 0 Å². The van der Waals surface area contributed by atoms with Crippen LogP contribution in [-0.2, 0) is 85.4 Å². The Morgan fingerprint density at radius 1 is 0.414 bits per heavy atom. The third-order valence-corrected chi connectivity index (χ3v) is 30.9. The maximum absolute atomic E-state index is 14.0. The van der Waals surface area contributed by atoms with Crippen LogP contribution in [0.25, 0.3) is 118 Å². The molecule has 29 heterocycles. The molecule has 0 radical (unpaired) electrons. The molecular weight excluding hydrogens is 1860 g/mol. The molecule has 16 aliphatic rings. The minimum Gasteiger partial charge on any atom is -0.381 e. The molecule has 3 aliphatic carbocycles. The molecule has 32 rings (SSSR count). The van der Waals surface area contributed by atoms with E-state index in [4.69, 9.17) is 106 Å². The van der Waals surface area contributed by atoms with E-state index in [2.05, 4.69) is 139 Å². The van der Waals surface area contributed by atoms with Gasteiger partial charge in [-0.3, -0.25) is 0 Å². The van der Waals surface area contributed by atoms with Crippen LogP contribution in [0.2, 0.25) is 0 Å². The van der Waals surface area contributed by atoms with E-state index in [1.807, 2.05) is 50.7 Å². The third-order valence-electron chi connectivity index (χ3n) is 30.9. The molecule has 2 unspecified atom stereocenters. The molecule has 13 aliphatic heterocycles. The Morgan fingerprint density at radius 3 is 1.25 bits per heavy atom. The monoisotopic (exact) mass is 1970 g/mol. The summed E-state index contributed by atoms with van der Waals surface area (Å²) in [6, 6.07) is 5.54. The molecule has 0 spiro atoms. The fourth-order valence-electron chi connectivity index (χ4n) is 22.9. The van der Waals surface area contributed by atoms with Crippen molar-refractivity contribution in [2.45, 2.75) is 238 Å². The maximum atomic E-state index is 14.0. The molecule has 0 aromatic carbocycles. The topological polar surface area (TPSA) is 505 Å². The van der Waals surface area contributed by atoms with Gasteiger partial charge < -0.3 is 94.0 Å². The molecule has 11 fully saturated rings. The van der Waals surface area contributed by atoms with E-state index in [9.17, 15) is 13.2 Å². The summed E-state index contributed by atoms with van der Waals surface area (Å²) in [7, 11) is 0. The largest absolute Gasteiger partial charge is 0.381 e. The summed E-state index contributed by atoms with van der Waals surface area (Å²) in [5.74, 6) is 10.3. The van der Waals surface area contributed by atoms with Gasteiger partial charge in [0.05, 0.1) is 61.4 Å². The highest BCUT2D eigenvalue weighted by atomic mass is 19.3. The molecule has 145 heavy (non-hydrogen) atoms. The minimum atomic E-state index is -2.81. The number of ether oxygens (including phenoxy) is 5. The second-order valence-corrected chi connectivity index (χ2v) is 41.9. The van der Waals surface area contributed by atoms with Crippen LogP contribution >= 0.6 is 0 Å². The van der Waals surface area contributed by atoms with Crippen LogP contribution in [0.3, 0.4) is 0 Å². The van der Waals surface area contributed by atoms with Crippen molar-refractivity contribution in [2.75, 3.05) is 113 Å². The molecule has 44 nitrogen and oxygen atoms in total. The van der Waals surface area contributed by atoms with E-state index in [0.717, 1.165) is 208 Å². The molecule has 47 heteroatoms. The molecule has 16 aromatic rings. The number of alkyl halides is 2. The Bertz CT molecular complexity index is 7770. The Kier molecular flexibility index (Phi) is 21.9. The van der Waals surface area contributed by atoms with E-state index in [-0.39, 0.29) is 42.5 Å². The molecule has 3 atom stereocenters. The Hall–Kier alpha value is -14.5. The molecule has 750 valence electrons. The molecule has 0 amide bonds. The number of hydrogen-bond donors (Lipinski definition) is 4. The summed E-state index contributed by atoms with van der Waals surface area (Å²) in [5, 5.41) is 4.32. The van der Waals surface area contributed by atoms with Crippen molar-refractivity contribution in [2.24, 2.45) is 17.8 Å². The van der Waals surface area contributed by atoms with Crippen molar-refractivity contribution in [3.05, 3.63) is 109 Å². The van der Waals surface area contributed by atoms with Crippen LogP contribution in [0.15, 0.2) is 74.1 Å². The summed E-state index contributed by atoms with van der Waals surface area (Å²) in [4.78, 5) is 117. The van der Waals surface area contributed by atoms with Crippen LogP contribution < -0.4 is 47.4 Å². The van der Waals surface area contributed by atoms with Gasteiger partial charge in [-0.2, -0.15) is 5.10 Å². The van der Waals surface area contributed by atoms with Crippen LogP contribution in [0, 0.1) is 23.6 Å². The number of pyridine rings is 1. The average molecular weight is 1970 g/mol. The van der Waals surface area contributed by atoms with Crippen LogP contribution in [-0.4, -0.2) is 249 Å². The number of imidazole rings is 5. The average Bonchev–Trinajstić information content (AvgIpc) is 1.60. The quantitative estimate of drug-likeness (QED) is 0.0934. The summed E-state index contributed by atoms with van der Waals surface area (Å²) < 4.78 is 83.9. The smallest absolute Gasteiger partial charge is 0.266 e. The zero-order valence-corrected chi connectivity index (χ0v) is 82.3. The number of aromatic nitrogens is 30. The van der Waals surface area contributed by atoms with E-state index < -0.39 is 40.7 Å². The highest BCUT2D eigenvalue weighted by Gasteiger charge is 2.50. The number of hydrogen-bond acceptors (Lipinski definition) is 38. The number of rotatable bonds is 11. The van der Waals surface area contributed by atoms with E-state index in [1.165, 1.54) is 55.7 Å². The lowest BCUT2D eigenvalue weighted by Gasteiger charge is -2.33. The molecule has 8 saturated heterocycles. The number of nitrogens with zero attached hydrogens (tertiary/aromatic N) is 35. The lowest BCUT2D eigenvalue weighted by molar-refractivity contribution is -0.0694. The van der Waals surface area contributed by atoms with Crippen LogP contribution in [0.5, 0.6) is 0 Å². The van der Waals surface area contributed by atoms with Gasteiger partial charge in [0.15, 0.2) is 131 Å². The SMILES string of the molecule is CC1(C)OCCn2c1nc1c(N3CC4CC3C4)nc(-c3cnc4ccnn4c3)nc12.CC1(C)OCCn2c1nc1c(N3CCC(F)(F)C3)nc(-c3cnc(N)c(F)c3)nc12.CC1CCC(C)N1c1nc(-c2cnc(N)nc2)nc2c1nc1n2CCOC1(C)C.CC[C@]1(C)OCCn2c1nc1c(N3CC4CC3C4)nc(-c3cnc(N)nc3)nc12.Nc1ncc(-c2nc(N3CC4CC3C4)c3nc4n(c3n2)CCCOC4)cn1. The molecule has 16 aromatic heterocycles. The predicted octanol–water partition coefficient (Wildman–Crippen LogP) is 11.1. The summed E-state index contributed by atoms with van der Waals surface area (Å²) in [6.45, 7) is 30.8. The van der Waals surface area contributed by atoms with Crippen LogP contribution in [0.1, 0.15) is 169 Å². The zero-order valence-electron chi connectivity index (χ0n) is 82.3. The van der Waals surface area contributed by atoms with Gasteiger partial charge in [0.2, 0.25) is 17.8 Å². The van der Waals surface area contributed by atoms with Crippen LogP contribution in [0.4, 0.5) is 65.9 Å². The second-order valence-electron chi connectivity index (χ2n) is 41.9. The Balaban J connectivity index is 0.0000000947. The number of halogens is 3. The van der Waals surface area contributed by atoms with E-state index in [1.54, 1.807) is 47.9 Å². The first kappa shape index (κ1) is 91.7. The number of nitrogens with two attached hydrogens (primary N) is 4. The molecule has 6 bridgehead atoms. The van der Waals surface area contributed by atoms with Crippen molar-refractivity contribution >= 4 is 114 Å². The van der Waals surface area contributed by atoms with E-state index in [0.29, 0.717) is 128 Å². The third kappa shape index (κ3) is 16.0. The van der Waals surface area contributed by atoms with Gasteiger partial charge in [0, 0.05) is 170 Å². The van der Waals surface area contributed by atoms with Crippen molar-refractivity contribution in [3.8, 4) is 56.9 Å². The van der Waals surface area contributed by atoms with Gasteiger partial charge in [-0.25, -0.2) is 132 Å². The van der Waals surface area contributed by atoms with Crippen molar-refractivity contribution < 1.29 is 36.9 Å². The standard InChI is InChI=1S/C21H22N8O.C20H24N8O.C20H26N8O.C19H20F3N7O.C18H20N8O/c1-21(2)20-24-16-18(27(20)5-6-30-21)25-17(13-9-22-15-3-4-23-29(15)11-13)26-19(16)28-10-12-7-14(28)8-12;1-3-20(2)18-24-14-16(27(18)4-5-29-20)25-15(12-8-22-19(21)23-9-12)26-17(14)28-10-11-6-13(28)7-11;1-11-5-6-12(2)28(11)17-14-16(27-7-8-29-20(3,4)18(27)24-14)25-15(26-17)13-9-22-19(21)23-10-13;1-18(2)17-25-12-15(28-4-3-19(21,22)9-28)26-14(10-7-11(20)13(23)24-8-10)27-16(12)29(17)5-6-30-18;19-18-20-6-11(7-21-18)15-23-16-14(22-13-9-27-3-1-2-25(13)16)17(24-15)26-8-10-4-12(26)5-10/h3-4,9,11-12,14H,5-8,10H2,1-2H3;8-9,11,13H,3-7,10H2,1-2H3,(H2,21,22,23);9-12H,5-8H2,1-4H3,(H2,21,22,23);7-8H,3-6,9H2,1-2H3,(H2,23,24);6-7,10,12H,1-5,8-9H2,(H2,19,20,21)/t;11?,13?,20-;;;/m.0.../s1. The normalized spacial score (nSPS) is 23.9. The molecular formula is C98H112F3N39O5. The first-order valence-electron chi connectivity index (χ1n) is 50.1. The molecule has 8 N–H and O–H groups in total. The summed E-state index contributed by atoms with van der Waals surface area (Å²) >= 11 is 0. The summed E-state index contributed by atoms with van der Waals surface area (Å²) in [5.41, 5.74) is 32.5. The Labute approximate surface area is 828 Å². The van der Waals surface area contributed by atoms with Gasteiger partial charge in [-0.1, -0.05) is 6.92 Å². The van der Waals surface area contributed by atoms with Gasteiger partial charge in [0.1, 0.15) is 58.1 Å². The highest BCUT2D eigenvalue weighted by Crippen LogP contribution is 2.51. The minimum absolute atomic E-state index is 0.134. The number of fused-ring (bicyclic) bond motifs is 19. The first-order chi connectivity index (χ1) is 69.9. The second kappa shape index (κ2) is 34.7. The predicted molar refractivity (Wildman–Crippen MR) is 531 cm³/mol. The summed E-state index contributed by atoms with van der Waals surface area (Å²) in [6.07, 6.45) is 28.3. The zero-order chi connectivity index (χ0) is 99.3. The number of anilines is 9. The lowest BCUT2D eigenvalue weighted by Crippen LogP contribution is -2.35. The molecule has 3 saturated carbocycles. The maximum Gasteiger partial charge on any atom is 0.266 e. The van der Waals surface area contributed by atoms with Crippen molar-refractivity contribution in [1.29, 1.82) is 0 Å². The van der Waals surface area contributed by atoms with Gasteiger partial charge in [-0.05, 0) is 150 Å². The number of aryl methyl sites for hydroxylation is 1. The van der Waals surface area contributed by atoms with Crippen molar-refractivity contribution in [1.82, 2.24) is 147 Å². The lowest BCUT2D eigenvalue weighted by atomic mass is 9.86. The Morgan fingerprint density at radius 2 is 0.807 bits per heavy atom. The van der Waals surface area contributed by atoms with E-state index >= 15 is 0 Å².